The number of aliphatic hydroxyl groups excluding tert-OH is 1. The van der Waals surface area contributed by atoms with Crippen LogP contribution in [0.4, 0.5) is 5.82 Å². The van der Waals surface area contributed by atoms with E-state index >= 15 is 0 Å². The predicted octanol–water partition coefficient (Wildman–Crippen LogP) is -1.10. The number of aromatic nitrogens is 4. The molecule has 2 aromatic rings. The summed E-state index contributed by atoms with van der Waals surface area (Å²) in [5.41, 5.74) is 7.01. The van der Waals surface area contributed by atoms with Gasteiger partial charge >= 0.3 is 7.98 Å². The number of anilines is 1. The van der Waals surface area contributed by atoms with Crippen LogP contribution in [0.25, 0.3) is 11.2 Å². The maximum Gasteiger partial charge on any atom is 0.354 e. The number of nitrogens with zero attached hydrogens (tertiary/aromatic N) is 4. The largest absolute Gasteiger partial charge is 0.394 e. The molecule has 2 aromatic heterocycles. The van der Waals surface area contributed by atoms with Gasteiger partial charge in [0.25, 0.3) is 0 Å². The highest BCUT2D eigenvalue weighted by atomic mass is 16.5. The molecule has 1 saturated heterocycles. The molecule has 1 fully saturated rings. The minimum absolute atomic E-state index is 0.0293. The summed E-state index contributed by atoms with van der Waals surface area (Å²) in [5.74, 6) is 0.357. The summed E-state index contributed by atoms with van der Waals surface area (Å²) in [4.78, 5) is 8.42. The van der Waals surface area contributed by atoms with Crippen molar-refractivity contribution in [2.75, 3.05) is 12.3 Å². The molecule has 0 unspecified atom stereocenters. The molecule has 0 amide bonds. The van der Waals surface area contributed by atoms with Crippen molar-refractivity contribution in [2.24, 2.45) is 0 Å². The van der Waals surface area contributed by atoms with Crippen molar-refractivity contribution in [2.45, 2.75) is 25.2 Å². The smallest absolute Gasteiger partial charge is 0.354 e. The van der Waals surface area contributed by atoms with Crippen molar-refractivity contribution in [3.63, 3.8) is 0 Å². The van der Waals surface area contributed by atoms with E-state index < -0.39 is 0 Å². The Labute approximate surface area is 105 Å². The van der Waals surface area contributed by atoms with Gasteiger partial charge in [0.15, 0.2) is 5.52 Å². The van der Waals surface area contributed by atoms with E-state index in [1.54, 1.807) is 6.33 Å². The summed E-state index contributed by atoms with van der Waals surface area (Å²) in [6.07, 6.45) is 4.43. The number of aliphatic hydroxyl groups is 1. The van der Waals surface area contributed by atoms with Gasteiger partial charge in [0.2, 0.25) is 17.8 Å². The van der Waals surface area contributed by atoms with Gasteiger partial charge in [-0.2, -0.15) is 0 Å². The predicted molar refractivity (Wildman–Crippen MR) is 63.5 cm³/mol. The molecule has 2 radical (unpaired) electrons. The highest BCUT2D eigenvalue weighted by Crippen LogP contribution is 2.30. The molecule has 0 aliphatic carbocycles. The van der Waals surface area contributed by atoms with Crippen molar-refractivity contribution in [3.8, 4) is 0 Å². The summed E-state index contributed by atoms with van der Waals surface area (Å²) in [5, 5.41) is 9.07. The van der Waals surface area contributed by atoms with E-state index in [0.717, 1.165) is 12.8 Å². The maximum atomic E-state index is 9.07. The molecule has 0 aromatic carbocycles. The Morgan fingerprint density at radius 2 is 2.39 bits per heavy atom. The summed E-state index contributed by atoms with van der Waals surface area (Å²) >= 11 is 0. The molecule has 18 heavy (non-hydrogen) atoms. The highest BCUT2D eigenvalue weighted by molar-refractivity contribution is 5.97. The first kappa shape index (κ1) is 11.4. The third kappa shape index (κ3) is 1.65. The van der Waals surface area contributed by atoms with Crippen molar-refractivity contribution in [3.05, 3.63) is 12.7 Å². The Hall–Kier alpha value is -1.67. The van der Waals surface area contributed by atoms with E-state index in [9.17, 15) is 0 Å². The minimum Gasteiger partial charge on any atom is -0.394 e. The summed E-state index contributed by atoms with van der Waals surface area (Å²) < 4.78 is 8.74. The molecular formula is C10H13BN5O2+. The molecule has 0 spiro atoms. The summed E-state index contributed by atoms with van der Waals surface area (Å²) in [6, 6.07) is 0. The Balaban J connectivity index is 2.01. The van der Waals surface area contributed by atoms with Crippen molar-refractivity contribution in [1.82, 2.24) is 14.5 Å². The number of hydrogen-bond donors (Lipinski definition) is 2. The number of ether oxygens (including phenoxy) is 1. The molecule has 2 atom stereocenters. The SMILES string of the molecule is [B][n+]1cnc2c(ncn2[C@H]2CC[C@@H](CO)O2)c1N. The quantitative estimate of drug-likeness (QED) is 0.656. The number of hydrogen-bond acceptors (Lipinski definition) is 5. The van der Waals surface area contributed by atoms with Crippen LogP contribution >= 0.6 is 0 Å². The molecule has 0 saturated carbocycles. The lowest BCUT2D eigenvalue weighted by molar-refractivity contribution is -0.507. The van der Waals surface area contributed by atoms with Gasteiger partial charge in [-0.1, -0.05) is 4.98 Å². The molecule has 3 N–H and O–H groups in total. The van der Waals surface area contributed by atoms with Crippen LogP contribution in [0.1, 0.15) is 19.1 Å². The van der Waals surface area contributed by atoms with E-state index in [-0.39, 0.29) is 18.9 Å². The Kier molecular flexibility index (Phi) is 2.68. The van der Waals surface area contributed by atoms with Gasteiger partial charge < -0.3 is 20.1 Å². The monoisotopic (exact) mass is 246 g/mol. The van der Waals surface area contributed by atoms with Crippen LogP contribution in [0.3, 0.4) is 0 Å². The van der Waals surface area contributed by atoms with E-state index in [2.05, 4.69) is 9.97 Å². The van der Waals surface area contributed by atoms with Crippen molar-refractivity contribution >= 4 is 25.0 Å². The van der Waals surface area contributed by atoms with Gasteiger partial charge in [0.05, 0.1) is 12.7 Å². The lowest BCUT2D eigenvalue weighted by Crippen LogP contribution is -2.35. The number of fused-ring (bicyclic) bond motifs is 1. The zero-order chi connectivity index (χ0) is 12.7. The maximum absolute atomic E-state index is 9.07. The fourth-order valence-electron chi connectivity index (χ4n) is 2.20. The van der Waals surface area contributed by atoms with Gasteiger partial charge in [-0.05, 0) is 12.8 Å². The number of imidazole rings is 1. The van der Waals surface area contributed by atoms with Gasteiger partial charge in [0, 0.05) is 0 Å². The molecule has 3 heterocycles. The van der Waals surface area contributed by atoms with Crippen LogP contribution in [0, 0.1) is 0 Å². The fraction of sp³-hybridized carbons (Fsp3) is 0.500. The topological polar surface area (TPSA) is 90.1 Å². The van der Waals surface area contributed by atoms with Gasteiger partial charge in [-0.25, -0.2) is 4.98 Å². The first-order valence-electron chi connectivity index (χ1n) is 5.74. The van der Waals surface area contributed by atoms with Crippen molar-refractivity contribution < 1.29 is 14.3 Å². The third-order valence-electron chi connectivity index (χ3n) is 3.19. The second-order valence-electron chi connectivity index (χ2n) is 4.33. The average molecular weight is 246 g/mol. The van der Waals surface area contributed by atoms with Crippen molar-refractivity contribution in [1.29, 1.82) is 0 Å². The summed E-state index contributed by atoms with van der Waals surface area (Å²) in [6.45, 7) is 0.0293. The Morgan fingerprint density at radius 3 is 3.11 bits per heavy atom. The third-order valence-corrected chi connectivity index (χ3v) is 3.19. The summed E-state index contributed by atoms with van der Waals surface area (Å²) in [7, 11) is 5.61. The van der Waals surface area contributed by atoms with Gasteiger partial charge in [-0.15, -0.1) is 0 Å². The second-order valence-corrected chi connectivity index (χ2v) is 4.33. The van der Waals surface area contributed by atoms with Crippen LogP contribution in [0.2, 0.25) is 0 Å². The number of nitrogen functional groups attached to an aromatic ring is 1. The minimum atomic E-state index is -0.160. The Bertz CT molecular complexity index is 587. The average Bonchev–Trinajstić information content (AvgIpc) is 2.99. The molecule has 92 valence electrons. The highest BCUT2D eigenvalue weighted by Gasteiger charge is 2.28. The molecule has 0 bridgehead atoms. The van der Waals surface area contributed by atoms with Crippen LogP contribution in [-0.4, -0.2) is 40.3 Å². The lowest BCUT2D eigenvalue weighted by atomic mass is 10.2. The Morgan fingerprint density at radius 1 is 1.56 bits per heavy atom. The normalized spacial score (nSPS) is 23.8. The molecule has 7 nitrogen and oxygen atoms in total. The second kappa shape index (κ2) is 4.22. The zero-order valence-electron chi connectivity index (χ0n) is 9.73. The molecule has 3 rings (SSSR count). The van der Waals surface area contributed by atoms with Gasteiger partial charge in [0.1, 0.15) is 12.6 Å². The standard InChI is InChI=1S/C10H13BN5O2/c11-16-5-14-10-8(9(16)12)13-4-15(10)7-2-1-6(3-17)18-7/h4-7,17H,1-3H2,(H2,12,14)/q+1/t6-,7+/m0/s1. The zero-order valence-corrected chi connectivity index (χ0v) is 9.73. The molecular weight excluding hydrogens is 233 g/mol. The first-order chi connectivity index (χ1) is 8.70. The van der Waals surface area contributed by atoms with Crippen LogP contribution in [-0.2, 0) is 4.74 Å². The van der Waals surface area contributed by atoms with E-state index in [0.29, 0.717) is 17.0 Å². The number of rotatable bonds is 2. The first-order valence-corrected chi connectivity index (χ1v) is 5.74. The fourth-order valence-corrected chi connectivity index (χ4v) is 2.20. The van der Waals surface area contributed by atoms with E-state index in [1.807, 2.05) is 4.57 Å². The van der Waals surface area contributed by atoms with E-state index in [1.165, 1.54) is 10.8 Å². The van der Waals surface area contributed by atoms with Gasteiger partial charge in [-0.3, -0.25) is 4.57 Å². The van der Waals surface area contributed by atoms with Crippen LogP contribution in [0.15, 0.2) is 12.7 Å². The molecule has 8 heteroatoms. The van der Waals surface area contributed by atoms with E-state index in [4.69, 9.17) is 23.6 Å². The molecule has 1 aliphatic rings. The lowest BCUT2D eigenvalue weighted by Gasteiger charge is -2.12. The number of nitrogens with two attached hydrogens (primary N) is 1. The van der Waals surface area contributed by atoms with Crippen LogP contribution < -0.4 is 10.2 Å². The van der Waals surface area contributed by atoms with Crippen LogP contribution in [0.5, 0.6) is 0 Å². The molecule has 1 aliphatic heterocycles.